The van der Waals surface area contributed by atoms with Gasteiger partial charge in [0.1, 0.15) is 6.04 Å². The van der Waals surface area contributed by atoms with Gasteiger partial charge >= 0.3 is 5.97 Å². The van der Waals surface area contributed by atoms with E-state index in [9.17, 15) is 14.4 Å². The molecule has 2 heterocycles. The first-order chi connectivity index (χ1) is 13.0. The minimum absolute atomic E-state index is 0.198. The van der Waals surface area contributed by atoms with Crippen LogP contribution in [0, 0.1) is 0 Å². The van der Waals surface area contributed by atoms with Crippen LogP contribution in [0.25, 0.3) is 0 Å². The molecule has 0 unspecified atom stereocenters. The predicted octanol–water partition coefficient (Wildman–Crippen LogP) is 2.82. The number of rotatable bonds is 4. The van der Waals surface area contributed by atoms with E-state index in [1.54, 1.807) is 36.4 Å². The quantitative estimate of drug-likeness (QED) is 0.822. The van der Waals surface area contributed by atoms with Crippen LogP contribution in [0.4, 0.5) is 0 Å². The number of cyclic esters (lactones) is 1. The molecule has 0 radical (unpaired) electrons. The molecular weight excluding hydrogens is 368 g/mol. The van der Waals surface area contributed by atoms with Gasteiger partial charge in [-0.2, -0.15) is 0 Å². The maximum absolute atomic E-state index is 12.7. The first-order valence-corrected chi connectivity index (χ1v) is 9.05. The van der Waals surface area contributed by atoms with E-state index in [0.717, 1.165) is 5.56 Å². The molecule has 2 atom stereocenters. The normalized spacial score (nSPS) is 21.1. The molecule has 1 saturated heterocycles. The zero-order valence-corrected chi connectivity index (χ0v) is 15.1. The van der Waals surface area contributed by atoms with Crippen LogP contribution in [0.15, 0.2) is 48.5 Å². The first kappa shape index (κ1) is 17.5. The third-order valence-corrected chi connectivity index (χ3v) is 5.11. The molecule has 2 amide bonds. The van der Waals surface area contributed by atoms with E-state index in [-0.39, 0.29) is 18.2 Å². The molecule has 2 aromatic rings. The van der Waals surface area contributed by atoms with Crippen molar-refractivity contribution in [2.75, 3.05) is 0 Å². The highest BCUT2D eigenvalue weighted by Gasteiger charge is 2.46. The molecular formula is C20H17ClN2O4. The number of nitrogens with one attached hydrogen (secondary N) is 1. The summed E-state index contributed by atoms with van der Waals surface area (Å²) in [5.74, 6) is -0.942. The lowest BCUT2D eigenvalue weighted by Gasteiger charge is -2.29. The van der Waals surface area contributed by atoms with Crippen molar-refractivity contribution >= 4 is 29.4 Å². The summed E-state index contributed by atoms with van der Waals surface area (Å²) >= 11 is 5.87. The number of hydrogen-bond donors (Lipinski definition) is 1. The monoisotopic (exact) mass is 384 g/mol. The molecule has 27 heavy (non-hydrogen) atoms. The molecule has 138 valence electrons. The van der Waals surface area contributed by atoms with Crippen LogP contribution in [0.1, 0.15) is 40.6 Å². The van der Waals surface area contributed by atoms with E-state index in [2.05, 4.69) is 5.32 Å². The van der Waals surface area contributed by atoms with Crippen LogP contribution in [-0.4, -0.2) is 28.7 Å². The lowest BCUT2D eigenvalue weighted by molar-refractivity contribution is -0.145. The number of likely N-dealkylation sites (tertiary alicyclic amines) is 1. The summed E-state index contributed by atoms with van der Waals surface area (Å²) in [7, 11) is 0. The number of carbonyl (C=O) groups excluding carboxylic acids is 3. The number of amides is 2. The summed E-state index contributed by atoms with van der Waals surface area (Å²) in [6.07, 6.45) is -0.216. The Morgan fingerprint density at radius 3 is 2.67 bits per heavy atom. The van der Waals surface area contributed by atoms with E-state index in [4.69, 9.17) is 16.3 Å². The Hall–Kier alpha value is -2.86. The van der Waals surface area contributed by atoms with Crippen LogP contribution < -0.4 is 5.32 Å². The number of fused-ring (bicyclic) bond motifs is 1. The Balaban J connectivity index is 1.51. The fourth-order valence-electron chi connectivity index (χ4n) is 3.50. The second kappa shape index (κ2) is 7.04. The molecule has 2 aromatic carbocycles. The number of nitrogens with zero attached hydrogens (tertiary/aromatic N) is 1. The number of benzene rings is 2. The van der Waals surface area contributed by atoms with Crippen molar-refractivity contribution in [1.82, 2.24) is 10.2 Å². The lowest BCUT2D eigenvalue weighted by Crippen LogP contribution is -2.46. The molecule has 0 saturated carbocycles. The molecule has 7 heteroatoms. The lowest BCUT2D eigenvalue weighted by atomic mass is 10.1. The smallest absolute Gasteiger partial charge is 0.340 e. The molecule has 0 aromatic heterocycles. The van der Waals surface area contributed by atoms with Gasteiger partial charge in [0.05, 0.1) is 5.56 Å². The molecule has 4 rings (SSSR count). The molecule has 0 aliphatic carbocycles. The van der Waals surface area contributed by atoms with E-state index in [1.807, 2.05) is 12.1 Å². The summed E-state index contributed by atoms with van der Waals surface area (Å²) in [5.41, 5.74) is 1.96. The van der Waals surface area contributed by atoms with Gasteiger partial charge in [-0.15, -0.1) is 0 Å². The second-order valence-corrected chi connectivity index (χ2v) is 6.98. The topological polar surface area (TPSA) is 75.7 Å². The van der Waals surface area contributed by atoms with E-state index >= 15 is 0 Å². The number of esters is 1. The molecule has 0 spiro atoms. The van der Waals surface area contributed by atoms with Gasteiger partial charge in [0.2, 0.25) is 18.0 Å². The van der Waals surface area contributed by atoms with Gasteiger partial charge in [0, 0.05) is 23.6 Å². The zero-order valence-electron chi connectivity index (χ0n) is 14.4. The van der Waals surface area contributed by atoms with Gasteiger partial charge in [-0.1, -0.05) is 41.9 Å². The van der Waals surface area contributed by atoms with Gasteiger partial charge in [-0.05, 0) is 30.2 Å². The fourth-order valence-corrected chi connectivity index (χ4v) is 3.62. The first-order valence-electron chi connectivity index (χ1n) is 8.68. The van der Waals surface area contributed by atoms with Crippen LogP contribution in [-0.2, 0) is 20.9 Å². The zero-order chi connectivity index (χ0) is 19.0. The third kappa shape index (κ3) is 3.28. The predicted molar refractivity (Wildman–Crippen MR) is 97.8 cm³/mol. The molecule has 1 fully saturated rings. The Morgan fingerprint density at radius 1 is 1.15 bits per heavy atom. The van der Waals surface area contributed by atoms with Crippen molar-refractivity contribution in [2.45, 2.75) is 31.7 Å². The van der Waals surface area contributed by atoms with E-state index in [1.165, 1.54) is 4.90 Å². The summed E-state index contributed by atoms with van der Waals surface area (Å²) in [5, 5.41) is 3.48. The maximum atomic E-state index is 12.7. The Morgan fingerprint density at radius 2 is 1.89 bits per heavy atom. The SMILES string of the molecule is O=C1O[C@H](N2C(=O)CC[C@H]2C(=O)NCc2ccc(Cl)cc2)c2ccccc21. The Labute approximate surface area is 161 Å². The molecule has 2 aliphatic heterocycles. The van der Waals surface area contributed by atoms with Crippen molar-refractivity contribution in [2.24, 2.45) is 0 Å². The van der Waals surface area contributed by atoms with Crippen molar-refractivity contribution in [3.63, 3.8) is 0 Å². The molecule has 1 N–H and O–H groups in total. The maximum Gasteiger partial charge on any atom is 0.340 e. The van der Waals surface area contributed by atoms with Gasteiger partial charge in [0.25, 0.3) is 0 Å². The van der Waals surface area contributed by atoms with E-state index < -0.39 is 18.2 Å². The molecule has 0 bridgehead atoms. The van der Waals surface area contributed by atoms with Crippen molar-refractivity contribution < 1.29 is 19.1 Å². The van der Waals surface area contributed by atoms with Crippen LogP contribution >= 0.6 is 11.6 Å². The van der Waals surface area contributed by atoms with Gasteiger partial charge < -0.3 is 10.1 Å². The van der Waals surface area contributed by atoms with Gasteiger partial charge in [0.15, 0.2) is 0 Å². The average molecular weight is 385 g/mol. The number of halogens is 1. The number of hydrogen-bond acceptors (Lipinski definition) is 4. The number of carbonyl (C=O) groups is 3. The summed E-state index contributed by atoms with van der Waals surface area (Å²) in [6.45, 7) is 0.329. The standard InChI is InChI=1S/C20H17ClN2O4/c21-13-7-5-12(6-8-13)11-22-18(25)16-9-10-17(24)23(16)19-14-3-1-2-4-15(14)20(26)27-19/h1-8,16,19H,9-11H2,(H,22,25)/t16-,19-/m0/s1. The van der Waals surface area contributed by atoms with E-state index in [0.29, 0.717) is 29.1 Å². The summed E-state index contributed by atoms with van der Waals surface area (Å²) in [4.78, 5) is 38.6. The van der Waals surface area contributed by atoms with Gasteiger partial charge in [-0.3, -0.25) is 14.5 Å². The Kier molecular flexibility index (Phi) is 4.58. The molecule has 6 nitrogen and oxygen atoms in total. The summed E-state index contributed by atoms with van der Waals surface area (Å²) in [6, 6.07) is 13.4. The second-order valence-electron chi connectivity index (χ2n) is 6.54. The summed E-state index contributed by atoms with van der Waals surface area (Å²) < 4.78 is 5.41. The van der Waals surface area contributed by atoms with Crippen LogP contribution in [0.3, 0.4) is 0 Å². The highest BCUT2D eigenvalue weighted by molar-refractivity contribution is 6.30. The van der Waals surface area contributed by atoms with Crippen LogP contribution in [0.5, 0.6) is 0 Å². The van der Waals surface area contributed by atoms with Crippen LogP contribution in [0.2, 0.25) is 5.02 Å². The minimum Gasteiger partial charge on any atom is -0.433 e. The molecule has 2 aliphatic rings. The largest absolute Gasteiger partial charge is 0.433 e. The Bertz CT molecular complexity index is 912. The van der Waals surface area contributed by atoms with Crippen molar-refractivity contribution in [1.29, 1.82) is 0 Å². The van der Waals surface area contributed by atoms with Crippen molar-refractivity contribution in [3.8, 4) is 0 Å². The highest BCUT2D eigenvalue weighted by atomic mass is 35.5. The number of ether oxygens (including phenoxy) is 1. The third-order valence-electron chi connectivity index (χ3n) is 4.86. The average Bonchev–Trinajstić information content (AvgIpc) is 3.21. The highest BCUT2D eigenvalue weighted by Crippen LogP contribution is 2.38. The minimum atomic E-state index is -0.852. The fraction of sp³-hybridized carbons (Fsp3) is 0.250. The van der Waals surface area contributed by atoms with Gasteiger partial charge in [-0.25, -0.2) is 4.79 Å². The van der Waals surface area contributed by atoms with Crippen molar-refractivity contribution in [3.05, 3.63) is 70.2 Å².